The average molecular weight is 366 g/mol. The van der Waals surface area contributed by atoms with Gasteiger partial charge in [0, 0.05) is 22.6 Å². The van der Waals surface area contributed by atoms with Gasteiger partial charge in [-0.1, -0.05) is 0 Å². The summed E-state index contributed by atoms with van der Waals surface area (Å²) in [5.41, 5.74) is 2.68. The monoisotopic (exact) mass is 366 g/mol. The molecule has 26 heavy (non-hydrogen) atoms. The molecular weight excluding hydrogens is 351 g/mol. The minimum Gasteiger partial charge on any atom is -0.497 e. The van der Waals surface area contributed by atoms with E-state index in [4.69, 9.17) is 9.47 Å². The van der Waals surface area contributed by atoms with E-state index >= 15 is 0 Å². The Hall–Kier alpha value is -3.17. The van der Waals surface area contributed by atoms with Gasteiger partial charge in [-0.25, -0.2) is 9.37 Å². The summed E-state index contributed by atoms with van der Waals surface area (Å²) in [5.74, 6) is 0.978. The number of allylic oxidation sites excluding steroid dienone is 1. The predicted octanol–water partition coefficient (Wildman–Crippen LogP) is 5.03. The quantitative estimate of drug-likeness (QED) is 0.594. The Balaban J connectivity index is 1.96. The second-order valence-corrected chi connectivity index (χ2v) is 6.18. The molecule has 0 radical (unpaired) electrons. The lowest BCUT2D eigenvalue weighted by Crippen LogP contribution is -1.90. The van der Waals surface area contributed by atoms with Crippen LogP contribution in [0.25, 0.3) is 22.9 Å². The number of halogens is 1. The van der Waals surface area contributed by atoms with Crippen molar-refractivity contribution in [3.05, 3.63) is 64.2 Å². The van der Waals surface area contributed by atoms with Crippen LogP contribution in [0, 0.1) is 17.1 Å². The van der Waals surface area contributed by atoms with Crippen molar-refractivity contribution < 1.29 is 13.9 Å². The summed E-state index contributed by atoms with van der Waals surface area (Å²) in [6.07, 6.45) is 1.73. The van der Waals surface area contributed by atoms with Gasteiger partial charge in [0.1, 0.15) is 28.4 Å². The zero-order valence-corrected chi connectivity index (χ0v) is 15.0. The first-order chi connectivity index (χ1) is 12.6. The van der Waals surface area contributed by atoms with Crippen molar-refractivity contribution in [3.63, 3.8) is 0 Å². The first kappa shape index (κ1) is 17.6. The zero-order valence-electron chi connectivity index (χ0n) is 14.2. The first-order valence-corrected chi connectivity index (χ1v) is 8.58. The normalized spacial score (nSPS) is 11.1. The van der Waals surface area contributed by atoms with Crippen molar-refractivity contribution in [2.45, 2.75) is 0 Å². The van der Waals surface area contributed by atoms with Crippen LogP contribution in [0.15, 0.2) is 47.8 Å². The maximum absolute atomic E-state index is 13.1. The Morgan fingerprint density at radius 3 is 2.58 bits per heavy atom. The van der Waals surface area contributed by atoms with Crippen LogP contribution >= 0.6 is 11.3 Å². The number of hydrogen-bond acceptors (Lipinski definition) is 5. The smallest absolute Gasteiger partial charge is 0.134 e. The van der Waals surface area contributed by atoms with E-state index in [2.05, 4.69) is 11.1 Å². The highest BCUT2D eigenvalue weighted by Crippen LogP contribution is 2.31. The summed E-state index contributed by atoms with van der Waals surface area (Å²) in [6.45, 7) is 0. The lowest BCUT2D eigenvalue weighted by molar-refractivity contribution is 0.394. The fraction of sp³-hybridized carbons (Fsp3) is 0.100. The highest BCUT2D eigenvalue weighted by atomic mass is 32.1. The van der Waals surface area contributed by atoms with Crippen LogP contribution in [0.4, 0.5) is 4.39 Å². The molecule has 0 unspecified atom stereocenters. The van der Waals surface area contributed by atoms with E-state index < -0.39 is 0 Å². The number of nitriles is 1. The molecule has 0 fully saturated rings. The Morgan fingerprint density at radius 1 is 1.15 bits per heavy atom. The molecule has 0 saturated carbocycles. The van der Waals surface area contributed by atoms with Gasteiger partial charge >= 0.3 is 0 Å². The zero-order chi connectivity index (χ0) is 18.5. The van der Waals surface area contributed by atoms with Crippen LogP contribution in [0.3, 0.4) is 0 Å². The summed E-state index contributed by atoms with van der Waals surface area (Å²) in [6, 6.07) is 13.7. The fourth-order valence-corrected chi connectivity index (χ4v) is 3.18. The van der Waals surface area contributed by atoms with Crippen LogP contribution in [-0.4, -0.2) is 19.2 Å². The number of rotatable bonds is 5. The van der Waals surface area contributed by atoms with Crippen molar-refractivity contribution in [2.24, 2.45) is 0 Å². The third-order valence-corrected chi connectivity index (χ3v) is 4.61. The van der Waals surface area contributed by atoms with Crippen molar-refractivity contribution in [1.29, 1.82) is 5.26 Å². The van der Waals surface area contributed by atoms with Crippen LogP contribution in [-0.2, 0) is 0 Å². The van der Waals surface area contributed by atoms with Crippen LogP contribution in [0.1, 0.15) is 10.6 Å². The van der Waals surface area contributed by atoms with Gasteiger partial charge in [0.2, 0.25) is 0 Å². The van der Waals surface area contributed by atoms with Crippen molar-refractivity contribution in [1.82, 2.24) is 4.98 Å². The summed E-state index contributed by atoms with van der Waals surface area (Å²) in [7, 11) is 3.14. The van der Waals surface area contributed by atoms with Crippen molar-refractivity contribution >= 4 is 23.0 Å². The molecule has 0 bridgehead atoms. The van der Waals surface area contributed by atoms with Crippen molar-refractivity contribution in [3.8, 4) is 28.8 Å². The van der Waals surface area contributed by atoms with E-state index in [0.717, 1.165) is 11.1 Å². The number of benzene rings is 2. The first-order valence-electron chi connectivity index (χ1n) is 7.70. The van der Waals surface area contributed by atoms with E-state index in [0.29, 0.717) is 27.8 Å². The second kappa shape index (κ2) is 7.81. The third kappa shape index (κ3) is 3.73. The van der Waals surface area contributed by atoms with E-state index in [-0.39, 0.29) is 5.82 Å². The molecular formula is C20H15FN2O2S. The second-order valence-electron chi connectivity index (χ2n) is 5.32. The molecule has 0 aliphatic carbocycles. The van der Waals surface area contributed by atoms with Gasteiger partial charge in [-0.2, -0.15) is 5.26 Å². The van der Waals surface area contributed by atoms with Gasteiger partial charge in [-0.15, -0.1) is 11.3 Å². The van der Waals surface area contributed by atoms with Crippen LogP contribution in [0.2, 0.25) is 0 Å². The van der Waals surface area contributed by atoms with Crippen molar-refractivity contribution in [2.75, 3.05) is 14.2 Å². The number of nitrogens with zero attached hydrogens (tertiary/aromatic N) is 2. The molecule has 3 rings (SSSR count). The van der Waals surface area contributed by atoms with E-state index in [9.17, 15) is 9.65 Å². The molecule has 1 aromatic heterocycles. The Morgan fingerprint density at radius 2 is 1.92 bits per heavy atom. The van der Waals surface area contributed by atoms with E-state index in [1.54, 1.807) is 44.6 Å². The molecule has 6 heteroatoms. The topological polar surface area (TPSA) is 55.1 Å². The number of methoxy groups -OCH3 is 2. The number of thiazole rings is 1. The standard InChI is InChI=1S/C20H15FN2O2S/c1-24-17-8-5-14(19(10-17)25-2)9-15(11-22)20-23-18(12-26-20)13-3-6-16(21)7-4-13/h3-10,12H,1-2H3/b15-9-. The van der Waals surface area contributed by atoms with Crippen LogP contribution < -0.4 is 9.47 Å². The average Bonchev–Trinajstić information content (AvgIpc) is 3.16. The van der Waals surface area contributed by atoms with Gasteiger partial charge in [0.25, 0.3) is 0 Å². The summed E-state index contributed by atoms with van der Waals surface area (Å²) in [5, 5.41) is 12.0. The number of aromatic nitrogens is 1. The van der Waals surface area contributed by atoms with Gasteiger partial charge in [-0.3, -0.25) is 0 Å². The highest BCUT2D eigenvalue weighted by Gasteiger charge is 2.11. The van der Waals surface area contributed by atoms with E-state index in [1.165, 1.54) is 23.5 Å². The summed E-state index contributed by atoms with van der Waals surface area (Å²) >= 11 is 1.36. The van der Waals surface area contributed by atoms with E-state index in [1.807, 2.05) is 11.4 Å². The Kier molecular flexibility index (Phi) is 5.30. The molecule has 0 spiro atoms. The molecule has 130 valence electrons. The Bertz CT molecular complexity index is 988. The minimum atomic E-state index is -0.298. The highest BCUT2D eigenvalue weighted by molar-refractivity contribution is 7.11. The van der Waals surface area contributed by atoms with Gasteiger partial charge in [-0.05, 0) is 42.5 Å². The molecule has 2 aromatic carbocycles. The molecule has 3 aromatic rings. The lowest BCUT2D eigenvalue weighted by atomic mass is 10.1. The minimum absolute atomic E-state index is 0.298. The van der Waals surface area contributed by atoms with Crippen LogP contribution in [0.5, 0.6) is 11.5 Å². The largest absolute Gasteiger partial charge is 0.497 e. The molecule has 0 aliphatic rings. The molecule has 4 nitrogen and oxygen atoms in total. The molecule has 0 amide bonds. The fourth-order valence-electron chi connectivity index (χ4n) is 2.39. The maximum atomic E-state index is 13.1. The van der Waals surface area contributed by atoms with Gasteiger partial charge < -0.3 is 9.47 Å². The number of hydrogen-bond donors (Lipinski definition) is 0. The maximum Gasteiger partial charge on any atom is 0.134 e. The van der Waals surface area contributed by atoms with Gasteiger partial charge in [0.15, 0.2) is 0 Å². The SMILES string of the molecule is COc1ccc(/C=C(/C#N)c2nc(-c3ccc(F)cc3)cs2)c(OC)c1. The number of ether oxygens (including phenoxy) is 2. The molecule has 0 aliphatic heterocycles. The summed E-state index contributed by atoms with van der Waals surface area (Å²) < 4.78 is 23.6. The molecule has 0 atom stereocenters. The molecule has 0 saturated heterocycles. The molecule has 1 heterocycles. The predicted molar refractivity (Wildman–Crippen MR) is 101 cm³/mol. The van der Waals surface area contributed by atoms with Gasteiger partial charge in [0.05, 0.1) is 25.5 Å². The molecule has 0 N–H and O–H groups in total. The third-order valence-electron chi connectivity index (χ3n) is 3.74. The lowest BCUT2D eigenvalue weighted by Gasteiger charge is -2.07. The Labute approximate surface area is 154 Å². The summed E-state index contributed by atoms with van der Waals surface area (Å²) in [4.78, 5) is 4.51.